The first-order valence-electron chi connectivity index (χ1n) is 3.60. The minimum atomic E-state index is -0.635. The minimum Gasteiger partial charge on any atom is -0.481 e. The van der Waals surface area contributed by atoms with Crippen LogP contribution in [0.3, 0.4) is 0 Å². The number of aliphatic carboxylic acids is 1. The van der Waals surface area contributed by atoms with Gasteiger partial charge in [-0.15, -0.1) is 12.4 Å². The van der Waals surface area contributed by atoms with Gasteiger partial charge >= 0.3 is 5.97 Å². The number of carboxylic acid groups (broad SMARTS) is 1. The highest BCUT2D eigenvalue weighted by molar-refractivity contribution is 5.85. The van der Waals surface area contributed by atoms with Gasteiger partial charge in [-0.2, -0.15) is 0 Å². The van der Waals surface area contributed by atoms with E-state index in [9.17, 15) is 4.79 Å². The third-order valence-electron chi connectivity index (χ3n) is 2.87. The quantitative estimate of drug-likeness (QED) is 0.613. The van der Waals surface area contributed by atoms with Crippen molar-refractivity contribution < 1.29 is 9.90 Å². The molecule has 0 unspecified atom stereocenters. The Labute approximate surface area is 71.6 Å². The maximum Gasteiger partial charge on any atom is 0.308 e. The van der Waals surface area contributed by atoms with E-state index in [-0.39, 0.29) is 29.8 Å². The Hall–Kier alpha value is -0.280. The summed E-state index contributed by atoms with van der Waals surface area (Å²) in [5.41, 5.74) is 0.0660. The number of hydrogen-bond donors (Lipinski definition) is 2. The highest BCUT2D eigenvalue weighted by atomic mass is 35.5. The molecule has 0 amide bonds. The topological polar surface area (TPSA) is 49.3 Å². The molecule has 1 saturated carbocycles. The molecule has 1 aliphatic carbocycles. The zero-order chi connectivity index (χ0) is 7.35. The molecule has 0 aromatic heterocycles. The fourth-order valence-corrected chi connectivity index (χ4v) is 2.28. The van der Waals surface area contributed by atoms with Crippen LogP contribution >= 0.6 is 12.4 Å². The summed E-state index contributed by atoms with van der Waals surface area (Å²) in [6.07, 6.45) is 1.05. The molecule has 3 nitrogen and oxygen atoms in total. The van der Waals surface area contributed by atoms with Crippen LogP contribution in [0.15, 0.2) is 0 Å². The Balaban J connectivity index is 0.000000605. The molecule has 0 aromatic carbocycles. The molecule has 2 aliphatic heterocycles. The highest BCUT2D eigenvalue weighted by Gasteiger charge is 2.59. The molecule has 2 bridgehead atoms. The first-order valence-corrected chi connectivity index (χ1v) is 3.60. The number of hydrogen-bond acceptors (Lipinski definition) is 2. The normalized spacial score (nSPS) is 45.9. The average molecular weight is 178 g/mol. The van der Waals surface area contributed by atoms with Crippen molar-refractivity contribution in [2.24, 2.45) is 11.3 Å². The van der Waals surface area contributed by atoms with Crippen molar-refractivity contribution in [3.05, 3.63) is 0 Å². The SMILES string of the molecule is C[C@@]12CN[C@@H](C1)[C@@H]2C(=O)O.Cl. The van der Waals surface area contributed by atoms with Crippen LogP contribution in [-0.4, -0.2) is 23.7 Å². The van der Waals surface area contributed by atoms with Gasteiger partial charge in [0, 0.05) is 12.6 Å². The van der Waals surface area contributed by atoms with Crippen molar-refractivity contribution in [3.63, 3.8) is 0 Å². The van der Waals surface area contributed by atoms with E-state index in [1.165, 1.54) is 0 Å². The molecule has 0 radical (unpaired) electrons. The summed E-state index contributed by atoms with van der Waals surface area (Å²) in [7, 11) is 0. The Morgan fingerprint density at radius 1 is 1.73 bits per heavy atom. The van der Waals surface area contributed by atoms with Gasteiger partial charge in [-0.3, -0.25) is 4.79 Å². The summed E-state index contributed by atoms with van der Waals surface area (Å²) >= 11 is 0. The van der Waals surface area contributed by atoms with Crippen LogP contribution in [0.25, 0.3) is 0 Å². The fraction of sp³-hybridized carbons (Fsp3) is 0.857. The van der Waals surface area contributed by atoms with E-state index in [4.69, 9.17) is 5.11 Å². The molecule has 4 heteroatoms. The molecule has 0 spiro atoms. The number of carbonyl (C=O) groups is 1. The van der Waals surface area contributed by atoms with Crippen molar-refractivity contribution in [2.45, 2.75) is 19.4 Å². The van der Waals surface area contributed by atoms with Gasteiger partial charge < -0.3 is 10.4 Å². The van der Waals surface area contributed by atoms with E-state index in [1.54, 1.807) is 0 Å². The Morgan fingerprint density at radius 3 is 2.55 bits per heavy atom. The molecule has 2 N–H and O–H groups in total. The van der Waals surface area contributed by atoms with E-state index in [1.807, 2.05) is 6.92 Å². The van der Waals surface area contributed by atoms with Crippen LogP contribution in [-0.2, 0) is 4.79 Å². The van der Waals surface area contributed by atoms with Crippen LogP contribution in [0.1, 0.15) is 13.3 Å². The van der Waals surface area contributed by atoms with Crippen molar-refractivity contribution in [3.8, 4) is 0 Å². The van der Waals surface area contributed by atoms with Crippen molar-refractivity contribution in [1.29, 1.82) is 0 Å². The summed E-state index contributed by atoms with van der Waals surface area (Å²) < 4.78 is 0. The Kier molecular flexibility index (Phi) is 1.89. The van der Waals surface area contributed by atoms with Crippen molar-refractivity contribution in [1.82, 2.24) is 5.32 Å². The first kappa shape index (κ1) is 8.81. The summed E-state index contributed by atoms with van der Waals surface area (Å²) in [5.74, 6) is -0.753. The molecule has 2 heterocycles. The molecule has 11 heavy (non-hydrogen) atoms. The predicted molar refractivity (Wildman–Crippen MR) is 42.9 cm³/mol. The van der Waals surface area contributed by atoms with Gasteiger partial charge in [-0.05, 0) is 11.8 Å². The highest BCUT2D eigenvalue weighted by Crippen LogP contribution is 2.51. The number of carboxylic acids is 1. The summed E-state index contributed by atoms with van der Waals surface area (Å²) in [5, 5.41) is 11.9. The largest absolute Gasteiger partial charge is 0.481 e. The lowest BCUT2D eigenvalue weighted by Gasteiger charge is -2.40. The second-order valence-electron chi connectivity index (χ2n) is 3.66. The second kappa shape index (κ2) is 2.35. The number of nitrogens with one attached hydrogen (secondary N) is 1. The van der Waals surface area contributed by atoms with Crippen LogP contribution in [0, 0.1) is 11.3 Å². The third-order valence-corrected chi connectivity index (χ3v) is 2.87. The lowest BCUT2D eigenvalue weighted by atomic mass is 9.62. The predicted octanol–water partition coefficient (Wildman–Crippen LogP) is 0.491. The molecular formula is C7H12ClNO2. The lowest BCUT2D eigenvalue weighted by Crippen LogP contribution is -2.48. The molecule has 3 rings (SSSR count). The summed E-state index contributed by atoms with van der Waals surface area (Å²) in [6.45, 7) is 2.93. The third kappa shape index (κ3) is 0.948. The first-order chi connectivity index (χ1) is 4.63. The van der Waals surface area contributed by atoms with Crippen LogP contribution < -0.4 is 5.32 Å². The number of rotatable bonds is 1. The number of halogens is 1. The molecular weight excluding hydrogens is 166 g/mol. The van der Waals surface area contributed by atoms with E-state index in [2.05, 4.69) is 5.32 Å². The van der Waals surface area contributed by atoms with E-state index >= 15 is 0 Å². The standard InChI is InChI=1S/C7H11NO2.ClH/c1-7-2-4(8-3-7)5(7)6(9)10;/h4-5,8H,2-3H2,1H3,(H,9,10);1H/t4-,5+,7-;/m0./s1. The van der Waals surface area contributed by atoms with Crippen LogP contribution in [0.5, 0.6) is 0 Å². The summed E-state index contributed by atoms with van der Waals surface area (Å²) in [4.78, 5) is 10.6. The van der Waals surface area contributed by atoms with E-state index in [0.29, 0.717) is 0 Å². The zero-order valence-corrected chi connectivity index (χ0v) is 7.15. The minimum absolute atomic E-state index is 0. The van der Waals surface area contributed by atoms with Crippen molar-refractivity contribution >= 4 is 18.4 Å². The van der Waals surface area contributed by atoms with Gasteiger partial charge in [-0.25, -0.2) is 0 Å². The van der Waals surface area contributed by atoms with Gasteiger partial charge in [0.1, 0.15) is 0 Å². The van der Waals surface area contributed by atoms with Crippen LogP contribution in [0.4, 0.5) is 0 Å². The van der Waals surface area contributed by atoms with Gasteiger partial charge in [0.05, 0.1) is 5.92 Å². The monoisotopic (exact) mass is 177 g/mol. The van der Waals surface area contributed by atoms with Gasteiger partial charge in [0.25, 0.3) is 0 Å². The molecule has 64 valence electrons. The Morgan fingerprint density at radius 2 is 2.36 bits per heavy atom. The average Bonchev–Trinajstić information content (AvgIpc) is 2.20. The zero-order valence-electron chi connectivity index (χ0n) is 6.33. The van der Waals surface area contributed by atoms with Gasteiger partial charge in [-0.1, -0.05) is 6.92 Å². The van der Waals surface area contributed by atoms with E-state index in [0.717, 1.165) is 13.0 Å². The molecule has 0 aromatic rings. The second-order valence-corrected chi connectivity index (χ2v) is 3.66. The maximum absolute atomic E-state index is 10.6. The van der Waals surface area contributed by atoms with E-state index < -0.39 is 5.97 Å². The molecule has 2 saturated heterocycles. The van der Waals surface area contributed by atoms with Crippen molar-refractivity contribution in [2.75, 3.05) is 6.54 Å². The van der Waals surface area contributed by atoms with Gasteiger partial charge in [0.2, 0.25) is 0 Å². The van der Waals surface area contributed by atoms with Gasteiger partial charge in [0.15, 0.2) is 0 Å². The fourth-order valence-electron chi connectivity index (χ4n) is 2.28. The Bertz CT molecular complexity index is 193. The van der Waals surface area contributed by atoms with Crippen LogP contribution in [0.2, 0.25) is 0 Å². The molecule has 3 aliphatic rings. The lowest BCUT2D eigenvalue weighted by molar-refractivity contribution is -0.150. The maximum atomic E-state index is 10.6. The number of fused-ring (bicyclic) bond motifs is 1. The summed E-state index contributed by atoms with van der Waals surface area (Å²) in [6, 6.07) is 0.266. The molecule has 3 fully saturated rings. The smallest absolute Gasteiger partial charge is 0.308 e. The molecule has 3 atom stereocenters.